The van der Waals surface area contributed by atoms with Crippen LogP contribution in [0.2, 0.25) is 0 Å². The second-order valence-corrected chi connectivity index (χ2v) is 5.88. The SMILES string of the molecule is O=[N+]([O-])c1ccc(F)c(N=Cc2c3ccccc3cc3ccccc23)c1. The van der Waals surface area contributed by atoms with E-state index in [1.165, 1.54) is 0 Å². The molecule has 126 valence electrons. The number of fused-ring (bicyclic) bond motifs is 2. The first-order valence-corrected chi connectivity index (χ1v) is 8.02. The second kappa shape index (κ2) is 6.37. The van der Waals surface area contributed by atoms with Gasteiger partial charge in [-0.3, -0.25) is 15.1 Å². The fraction of sp³-hybridized carbons (Fsp3) is 0. The summed E-state index contributed by atoms with van der Waals surface area (Å²) in [6.07, 6.45) is 1.58. The first-order valence-electron chi connectivity index (χ1n) is 8.02. The molecule has 26 heavy (non-hydrogen) atoms. The molecule has 0 unspecified atom stereocenters. The summed E-state index contributed by atoms with van der Waals surface area (Å²) in [7, 11) is 0. The molecule has 0 aliphatic heterocycles. The van der Waals surface area contributed by atoms with Crippen LogP contribution in [0, 0.1) is 15.9 Å². The molecule has 4 aromatic rings. The van der Waals surface area contributed by atoms with Crippen LogP contribution in [0.3, 0.4) is 0 Å². The predicted octanol–water partition coefficient (Wildman–Crippen LogP) is 5.79. The van der Waals surface area contributed by atoms with Gasteiger partial charge in [-0.25, -0.2) is 4.39 Å². The highest BCUT2D eigenvalue weighted by Crippen LogP contribution is 2.29. The largest absolute Gasteiger partial charge is 0.271 e. The summed E-state index contributed by atoms with van der Waals surface area (Å²) < 4.78 is 14.0. The topological polar surface area (TPSA) is 55.5 Å². The van der Waals surface area contributed by atoms with Gasteiger partial charge >= 0.3 is 0 Å². The molecule has 0 saturated carbocycles. The fourth-order valence-electron chi connectivity index (χ4n) is 3.04. The number of benzene rings is 4. The van der Waals surface area contributed by atoms with E-state index in [4.69, 9.17) is 0 Å². The monoisotopic (exact) mass is 344 g/mol. The van der Waals surface area contributed by atoms with Gasteiger partial charge in [0.05, 0.1) is 4.92 Å². The summed E-state index contributed by atoms with van der Waals surface area (Å²) in [5.74, 6) is -0.601. The van der Waals surface area contributed by atoms with Crippen LogP contribution in [0.5, 0.6) is 0 Å². The zero-order valence-electron chi connectivity index (χ0n) is 13.6. The predicted molar refractivity (Wildman–Crippen MR) is 102 cm³/mol. The quantitative estimate of drug-likeness (QED) is 0.204. The Bertz CT molecular complexity index is 1130. The molecule has 0 heterocycles. The van der Waals surface area contributed by atoms with E-state index in [0.717, 1.165) is 45.3 Å². The van der Waals surface area contributed by atoms with E-state index in [-0.39, 0.29) is 11.4 Å². The zero-order chi connectivity index (χ0) is 18.1. The van der Waals surface area contributed by atoms with Crippen LogP contribution in [0.1, 0.15) is 5.56 Å². The molecule has 0 atom stereocenters. The molecule has 0 amide bonds. The Hall–Kier alpha value is -3.60. The second-order valence-electron chi connectivity index (χ2n) is 5.88. The normalized spacial score (nSPS) is 11.4. The first-order chi connectivity index (χ1) is 12.6. The van der Waals surface area contributed by atoms with E-state index in [0.29, 0.717) is 0 Å². The third-order valence-corrected chi connectivity index (χ3v) is 4.29. The number of non-ortho nitro benzene ring substituents is 1. The van der Waals surface area contributed by atoms with Crippen molar-refractivity contribution in [3.63, 3.8) is 0 Å². The molecule has 0 fully saturated rings. The van der Waals surface area contributed by atoms with Gasteiger partial charge in [-0.05, 0) is 33.7 Å². The average molecular weight is 344 g/mol. The van der Waals surface area contributed by atoms with Crippen LogP contribution < -0.4 is 0 Å². The number of rotatable bonds is 3. The van der Waals surface area contributed by atoms with Gasteiger partial charge in [-0.15, -0.1) is 0 Å². The molecule has 0 spiro atoms. The van der Waals surface area contributed by atoms with Crippen molar-refractivity contribution in [2.45, 2.75) is 0 Å². The van der Waals surface area contributed by atoms with Gasteiger partial charge in [0.25, 0.3) is 5.69 Å². The Kier molecular flexibility index (Phi) is 3.89. The van der Waals surface area contributed by atoms with E-state index in [1.807, 2.05) is 48.5 Å². The highest BCUT2D eigenvalue weighted by Gasteiger charge is 2.10. The van der Waals surface area contributed by atoms with E-state index in [1.54, 1.807) is 6.21 Å². The molecule has 4 aromatic carbocycles. The lowest BCUT2D eigenvalue weighted by Gasteiger charge is -2.08. The van der Waals surface area contributed by atoms with Gasteiger partial charge in [0.2, 0.25) is 0 Å². The summed E-state index contributed by atoms with van der Waals surface area (Å²) in [4.78, 5) is 14.6. The van der Waals surface area contributed by atoms with E-state index >= 15 is 0 Å². The minimum absolute atomic E-state index is 0.0591. The van der Waals surface area contributed by atoms with Crippen LogP contribution in [0.25, 0.3) is 21.5 Å². The Balaban J connectivity index is 1.92. The molecule has 0 aliphatic rings. The number of nitro groups is 1. The average Bonchev–Trinajstić information content (AvgIpc) is 2.66. The number of nitrogens with zero attached hydrogens (tertiary/aromatic N) is 2. The molecule has 4 nitrogen and oxygen atoms in total. The van der Waals surface area contributed by atoms with Crippen molar-refractivity contribution in [1.29, 1.82) is 0 Å². The van der Waals surface area contributed by atoms with Crippen LogP contribution in [0.15, 0.2) is 77.8 Å². The van der Waals surface area contributed by atoms with E-state index in [9.17, 15) is 14.5 Å². The Morgan fingerprint density at radius 3 is 2.12 bits per heavy atom. The highest BCUT2D eigenvalue weighted by molar-refractivity contribution is 6.13. The van der Waals surface area contributed by atoms with Crippen molar-refractivity contribution < 1.29 is 9.31 Å². The third kappa shape index (κ3) is 2.80. The summed E-state index contributed by atoms with van der Waals surface area (Å²) in [6.45, 7) is 0. The lowest BCUT2D eigenvalue weighted by atomic mass is 9.97. The van der Waals surface area contributed by atoms with Crippen molar-refractivity contribution in [1.82, 2.24) is 0 Å². The number of aliphatic imine (C=N–C) groups is 1. The van der Waals surface area contributed by atoms with Crippen molar-refractivity contribution in [3.05, 3.63) is 94.3 Å². The molecule has 5 heteroatoms. The summed E-state index contributed by atoms with van der Waals surface area (Å²) in [6, 6.07) is 21.2. The standard InChI is InChI=1S/C21H13FN2O2/c22-20-10-9-16(24(25)26)12-21(20)23-13-19-17-7-3-1-5-14(17)11-15-6-2-4-8-18(15)19/h1-13H. The fourth-order valence-corrected chi connectivity index (χ4v) is 3.04. The summed E-state index contributed by atoms with van der Waals surface area (Å²) in [5.41, 5.74) is 0.599. The summed E-state index contributed by atoms with van der Waals surface area (Å²) in [5, 5.41) is 15.0. The molecule has 0 aliphatic carbocycles. The van der Waals surface area contributed by atoms with Crippen molar-refractivity contribution >= 4 is 39.1 Å². The van der Waals surface area contributed by atoms with Crippen LogP contribution in [-0.4, -0.2) is 11.1 Å². The minimum atomic E-state index is -0.601. The number of hydrogen-bond donors (Lipinski definition) is 0. The highest BCUT2D eigenvalue weighted by atomic mass is 19.1. The molecule has 4 rings (SSSR count). The van der Waals surface area contributed by atoms with Crippen LogP contribution in [0.4, 0.5) is 15.8 Å². The van der Waals surface area contributed by atoms with Crippen LogP contribution >= 0.6 is 0 Å². The smallest absolute Gasteiger partial charge is 0.258 e. The van der Waals surface area contributed by atoms with Crippen molar-refractivity contribution in [2.75, 3.05) is 0 Å². The lowest BCUT2D eigenvalue weighted by molar-refractivity contribution is -0.384. The molecule has 0 aromatic heterocycles. The van der Waals surface area contributed by atoms with Crippen molar-refractivity contribution in [3.8, 4) is 0 Å². The van der Waals surface area contributed by atoms with E-state index in [2.05, 4.69) is 11.1 Å². The maximum absolute atomic E-state index is 14.0. The van der Waals surface area contributed by atoms with Gasteiger partial charge in [0.15, 0.2) is 0 Å². The maximum Gasteiger partial charge on any atom is 0.271 e. The molecular weight excluding hydrogens is 331 g/mol. The lowest BCUT2D eigenvalue weighted by Crippen LogP contribution is -1.90. The van der Waals surface area contributed by atoms with Gasteiger partial charge in [-0.2, -0.15) is 0 Å². The molecular formula is C21H13FN2O2. The number of halogens is 1. The molecule has 0 radical (unpaired) electrons. The van der Waals surface area contributed by atoms with Gasteiger partial charge < -0.3 is 0 Å². The van der Waals surface area contributed by atoms with E-state index < -0.39 is 10.7 Å². The molecule has 0 saturated heterocycles. The summed E-state index contributed by atoms with van der Waals surface area (Å²) >= 11 is 0. The number of nitro benzene ring substituents is 1. The Labute approximate surface area is 148 Å². The van der Waals surface area contributed by atoms with Crippen molar-refractivity contribution in [2.24, 2.45) is 4.99 Å². The van der Waals surface area contributed by atoms with Gasteiger partial charge in [0, 0.05) is 23.9 Å². The molecule has 0 bridgehead atoms. The Morgan fingerprint density at radius 2 is 1.50 bits per heavy atom. The number of hydrogen-bond acceptors (Lipinski definition) is 3. The van der Waals surface area contributed by atoms with Gasteiger partial charge in [-0.1, -0.05) is 48.5 Å². The molecule has 0 N–H and O–H groups in total. The zero-order valence-corrected chi connectivity index (χ0v) is 13.6. The Morgan fingerprint density at radius 1 is 0.885 bits per heavy atom. The maximum atomic E-state index is 14.0. The van der Waals surface area contributed by atoms with Gasteiger partial charge in [0.1, 0.15) is 11.5 Å². The minimum Gasteiger partial charge on any atom is -0.258 e. The third-order valence-electron chi connectivity index (χ3n) is 4.29. The first kappa shape index (κ1) is 15.9. The van der Waals surface area contributed by atoms with Crippen LogP contribution in [-0.2, 0) is 0 Å².